The molecule has 0 heterocycles. The quantitative estimate of drug-likeness (QED) is 0.504. The molecule has 0 aliphatic rings. The number of rotatable bonds is 0. The Morgan fingerprint density at radius 2 is 1.88 bits per heavy atom. The third-order valence-corrected chi connectivity index (χ3v) is 0.760. The van der Waals surface area contributed by atoms with E-state index in [1.807, 2.05) is 13.8 Å². The van der Waals surface area contributed by atoms with Crippen LogP contribution in [-0.2, 0) is 4.74 Å². The molecule has 50 valence electrons. The van der Waals surface area contributed by atoms with Gasteiger partial charge in [0.2, 0.25) is 0 Å². The fourth-order valence-corrected chi connectivity index (χ4v) is 0.102. The van der Waals surface area contributed by atoms with Crippen LogP contribution in [0.1, 0.15) is 13.8 Å². The van der Waals surface area contributed by atoms with Crippen LogP contribution in [0.5, 0.6) is 0 Å². The average molecular weight is 135 g/mol. The molecule has 8 heavy (non-hydrogen) atoms. The summed E-state index contributed by atoms with van der Waals surface area (Å²) in [6.07, 6.45) is 0. The lowest BCUT2D eigenvalue weighted by molar-refractivity contribution is 0.398. The summed E-state index contributed by atoms with van der Waals surface area (Å²) < 4.78 is 4.52. The van der Waals surface area contributed by atoms with Crippen LogP contribution in [0.4, 0.5) is 0 Å². The van der Waals surface area contributed by atoms with Gasteiger partial charge in [0.05, 0.1) is 7.11 Å². The smallest absolute Gasteiger partial charge is 0.256 e. The van der Waals surface area contributed by atoms with Crippen molar-refractivity contribution < 1.29 is 4.74 Å². The van der Waals surface area contributed by atoms with Crippen molar-refractivity contribution in [3.8, 4) is 0 Å². The first kappa shape index (κ1) is 10.6. The second-order valence-electron chi connectivity index (χ2n) is 0.742. The summed E-state index contributed by atoms with van der Waals surface area (Å²) in [5, 5.41) is 3.05. The minimum absolute atomic E-state index is 0.426. The second-order valence-corrected chi connectivity index (χ2v) is 1.11. The molecule has 0 radical (unpaired) electrons. The van der Waals surface area contributed by atoms with Crippen molar-refractivity contribution in [1.82, 2.24) is 5.32 Å². The van der Waals surface area contributed by atoms with Crippen LogP contribution in [0.2, 0.25) is 0 Å². The van der Waals surface area contributed by atoms with E-state index in [1.54, 1.807) is 7.05 Å². The van der Waals surface area contributed by atoms with Gasteiger partial charge in [-0.3, -0.25) is 0 Å². The minimum atomic E-state index is 0.426. The van der Waals surface area contributed by atoms with Crippen molar-refractivity contribution in [2.75, 3.05) is 14.2 Å². The third-order valence-electron chi connectivity index (χ3n) is 0.390. The van der Waals surface area contributed by atoms with E-state index in [0.29, 0.717) is 5.17 Å². The summed E-state index contributed by atoms with van der Waals surface area (Å²) in [4.78, 5) is 0. The van der Waals surface area contributed by atoms with Gasteiger partial charge >= 0.3 is 0 Å². The van der Waals surface area contributed by atoms with Gasteiger partial charge < -0.3 is 10.1 Å². The van der Waals surface area contributed by atoms with E-state index >= 15 is 0 Å². The highest BCUT2D eigenvalue weighted by Crippen LogP contribution is 1.64. The molecule has 0 rings (SSSR count). The molecule has 0 atom stereocenters. The zero-order valence-corrected chi connectivity index (χ0v) is 6.63. The van der Waals surface area contributed by atoms with Crippen molar-refractivity contribution >= 4 is 17.4 Å². The van der Waals surface area contributed by atoms with Crippen molar-refractivity contribution in [3.63, 3.8) is 0 Å². The summed E-state index contributed by atoms with van der Waals surface area (Å²) in [5.74, 6) is 0. The highest BCUT2D eigenvalue weighted by molar-refractivity contribution is 7.80. The molecule has 3 heteroatoms. The number of nitrogens with one attached hydrogen (secondary N) is 1. The summed E-state index contributed by atoms with van der Waals surface area (Å²) in [7, 11) is 3.24. The standard InChI is InChI=1S/C3H7NOS.C2H6/c1-4-3(6)5-2;1-2/h1-2H3,(H,4,6);1-2H3. The van der Waals surface area contributed by atoms with E-state index in [-0.39, 0.29) is 0 Å². The van der Waals surface area contributed by atoms with Gasteiger partial charge in [-0.15, -0.1) is 0 Å². The van der Waals surface area contributed by atoms with Gasteiger partial charge in [0.25, 0.3) is 5.17 Å². The molecule has 0 saturated heterocycles. The topological polar surface area (TPSA) is 21.3 Å². The van der Waals surface area contributed by atoms with Crippen LogP contribution in [0.25, 0.3) is 0 Å². The van der Waals surface area contributed by atoms with Crippen LogP contribution in [0, 0.1) is 0 Å². The molecule has 0 aliphatic carbocycles. The van der Waals surface area contributed by atoms with Crippen LogP contribution >= 0.6 is 12.2 Å². The maximum absolute atomic E-state index is 4.52. The number of ether oxygens (including phenoxy) is 1. The van der Waals surface area contributed by atoms with Crippen LogP contribution in [0.15, 0.2) is 0 Å². The van der Waals surface area contributed by atoms with Gasteiger partial charge in [-0.25, -0.2) is 0 Å². The predicted octanol–water partition coefficient (Wildman–Crippen LogP) is 1.16. The molecule has 0 unspecified atom stereocenters. The maximum Gasteiger partial charge on any atom is 0.256 e. The Bertz CT molecular complexity index is 50.4. The Hall–Kier alpha value is -0.310. The Kier molecular flexibility index (Phi) is 13.1. The van der Waals surface area contributed by atoms with Crippen molar-refractivity contribution in [2.24, 2.45) is 0 Å². The lowest BCUT2D eigenvalue weighted by Gasteiger charge is -1.95. The van der Waals surface area contributed by atoms with Gasteiger partial charge in [-0.05, 0) is 12.2 Å². The minimum Gasteiger partial charge on any atom is -0.474 e. The van der Waals surface area contributed by atoms with Crippen LogP contribution in [0.3, 0.4) is 0 Å². The number of hydrogen-bond acceptors (Lipinski definition) is 2. The van der Waals surface area contributed by atoms with E-state index in [4.69, 9.17) is 0 Å². The maximum atomic E-state index is 4.52. The van der Waals surface area contributed by atoms with Gasteiger partial charge in [-0.1, -0.05) is 13.8 Å². The molecule has 2 nitrogen and oxygen atoms in total. The fraction of sp³-hybridized carbons (Fsp3) is 0.800. The first-order valence-corrected chi connectivity index (χ1v) is 2.97. The molecule has 0 aliphatic heterocycles. The highest BCUT2D eigenvalue weighted by Gasteiger charge is 1.78. The molecule has 0 bridgehead atoms. The summed E-state index contributed by atoms with van der Waals surface area (Å²) in [5.41, 5.74) is 0. The molecule has 0 amide bonds. The summed E-state index contributed by atoms with van der Waals surface area (Å²) in [6.45, 7) is 4.00. The molecule has 0 saturated carbocycles. The van der Waals surface area contributed by atoms with E-state index in [1.165, 1.54) is 7.11 Å². The molecule has 0 aromatic heterocycles. The van der Waals surface area contributed by atoms with Crippen LogP contribution < -0.4 is 5.32 Å². The predicted molar refractivity (Wildman–Crippen MR) is 40.0 cm³/mol. The van der Waals surface area contributed by atoms with E-state index in [0.717, 1.165) is 0 Å². The monoisotopic (exact) mass is 135 g/mol. The molecular weight excluding hydrogens is 122 g/mol. The summed E-state index contributed by atoms with van der Waals surface area (Å²) >= 11 is 4.52. The lowest BCUT2D eigenvalue weighted by atomic mass is 11.0. The molecule has 0 spiro atoms. The molecule has 1 N–H and O–H groups in total. The zero-order valence-electron chi connectivity index (χ0n) is 5.82. The molecule has 0 fully saturated rings. The highest BCUT2D eigenvalue weighted by atomic mass is 32.1. The lowest BCUT2D eigenvalue weighted by Crippen LogP contribution is -2.16. The van der Waals surface area contributed by atoms with Gasteiger partial charge in [-0.2, -0.15) is 0 Å². The fourth-order valence-electron chi connectivity index (χ4n) is 0.102. The number of methoxy groups -OCH3 is 1. The molecule has 0 aromatic carbocycles. The number of hydrogen-bond donors (Lipinski definition) is 1. The third kappa shape index (κ3) is 9.19. The van der Waals surface area contributed by atoms with E-state index < -0.39 is 0 Å². The first-order chi connectivity index (χ1) is 3.81. The SMILES string of the molecule is CC.CNC(=S)OC. The summed E-state index contributed by atoms with van der Waals surface area (Å²) in [6, 6.07) is 0. The van der Waals surface area contributed by atoms with Crippen molar-refractivity contribution in [1.29, 1.82) is 0 Å². The normalized spacial score (nSPS) is 6.00. The Morgan fingerprint density at radius 3 is 1.88 bits per heavy atom. The Balaban J connectivity index is 0. The van der Waals surface area contributed by atoms with Gasteiger partial charge in [0, 0.05) is 7.05 Å². The largest absolute Gasteiger partial charge is 0.474 e. The first-order valence-electron chi connectivity index (χ1n) is 2.57. The van der Waals surface area contributed by atoms with E-state index in [9.17, 15) is 0 Å². The Morgan fingerprint density at radius 1 is 1.50 bits per heavy atom. The number of thiocarbonyl (C=S) groups is 1. The van der Waals surface area contributed by atoms with Crippen molar-refractivity contribution in [3.05, 3.63) is 0 Å². The van der Waals surface area contributed by atoms with Gasteiger partial charge in [0.15, 0.2) is 0 Å². The average Bonchev–Trinajstić information content (AvgIpc) is 1.91. The van der Waals surface area contributed by atoms with Crippen LogP contribution in [-0.4, -0.2) is 19.3 Å². The second kappa shape index (κ2) is 9.85. The van der Waals surface area contributed by atoms with Crippen molar-refractivity contribution in [2.45, 2.75) is 13.8 Å². The molecular formula is C5H13NOS. The zero-order chi connectivity index (χ0) is 6.99. The molecule has 0 aromatic rings. The van der Waals surface area contributed by atoms with Gasteiger partial charge in [0.1, 0.15) is 0 Å². The Labute approximate surface area is 56.2 Å². The van der Waals surface area contributed by atoms with E-state index in [2.05, 4.69) is 22.3 Å².